The van der Waals surface area contributed by atoms with E-state index in [-0.39, 0.29) is 23.2 Å². The fourth-order valence-electron chi connectivity index (χ4n) is 5.13. The second-order valence-electron chi connectivity index (χ2n) is 9.35. The van der Waals surface area contributed by atoms with Crippen LogP contribution in [0.1, 0.15) is 50.3 Å². The number of nitrogens with zero attached hydrogens (tertiary/aromatic N) is 2. The Hall–Kier alpha value is -2.27. The number of hydrogen-bond acceptors (Lipinski definition) is 3. The molecule has 30 heavy (non-hydrogen) atoms. The molecule has 0 saturated carbocycles. The van der Waals surface area contributed by atoms with Crippen molar-refractivity contribution in [2.24, 2.45) is 17.3 Å². The fraction of sp³-hybridized carbons (Fsp3) is 0.520. The maximum atomic E-state index is 13.4. The Labute approximate surface area is 178 Å². The quantitative estimate of drug-likeness (QED) is 0.727. The molecule has 4 rings (SSSR count). The van der Waals surface area contributed by atoms with Crippen LogP contribution in [-0.2, 0) is 16.0 Å². The Balaban J connectivity index is 1.47. The number of hydrogen-bond donors (Lipinski definition) is 0. The van der Waals surface area contributed by atoms with E-state index in [9.17, 15) is 9.18 Å². The third-order valence-corrected chi connectivity index (χ3v) is 6.77. The second kappa shape index (κ2) is 8.84. The van der Waals surface area contributed by atoms with Crippen LogP contribution in [0, 0.1) is 23.1 Å². The summed E-state index contributed by atoms with van der Waals surface area (Å²) in [7, 11) is 0. The highest BCUT2D eigenvalue weighted by molar-refractivity contribution is 5.78. The highest BCUT2D eigenvalue weighted by atomic mass is 19.1. The molecular formula is C25H31FN2O2. The van der Waals surface area contributed by atoms with Crippen molar-refractivity contribution in [2.45, 2.75) is 45.6 Å². The lowest BCUT2D eigenvalue weighted by Crippen LogP contribution is -2.52. The Morgan fingerprint density at radius 3 is 2.80 bits per heavy atom. The van der Waals surface area contributed by atoms with Gasteiger partial charge in [0.1, 0.15) is 5.82 Å². The van der Waals surface area contributed by atoms with Gasteiger partial charge in [0.25, 0.3) is 0 Å². The minimum absolute atomic E-state index is 0.00825. The van der Waals surface area contributed by atoms with Crippen LogP contribution in [-0.4, -0.2) is 35.5 Å². The van der Waals surface area contributed by atoms with Crippen LogP contribution in [0.5, 0.6) is 0 Å². The maximum Gasteiger partial charge on any atom is 0.227 e. The summed E-state index contributed by atoms with van der Waals surface area (Å²) in [6.07, 6.45) is 7.01. The van der Waals surface area contributed by atoms with Gasteiger partial charge in [0.2, 0.25) is 5.91 Å². The van der Waals surface area contributed by atoms with Gasteiger partial charge in [-0.05, 0) is 60.4 Å². The van der Waals surface area contributed by atoms with Crippen molar-refractivity contribution in [1.82, 2.24) is 9.88 Å². The molecule has 0 N–H and O–H groups in total. The summed E-state index contributed by atoms with van der Waals surface area (Å²) in [4.78, 5) is 19.1. The van der Waals surface area contributed by atoms with Gasteiger partial charge in [-0.15, -0.1) is 0 Å². The molecule has 5 heteroatoms. The maximum absolute atomic E-state index is 13.4. The van der Waals surface area contributed by atoms with E-state index in [0.717, 1.165) is 43.5 Å². The van der Waals surface area contributed by atoms with Crippen LogP contribution in [0.2, 0.25) is 0 Å². The highest BCUT2D eigenvalue weighted by Gasteiger charge is 2.46. The van der Waals surface area contributed by atoms with E-state index >= 15 is 0 Å². The van der Waals surface area contributed by atoms with Crippen molar-refractivity contribution in [3.05, 3.63) is 65.7 Å². The number of piperidine rings is 1. The van der Waals surface area contributed by atoms with Gasteiger partial charge in [-0.1, -0.05) is 32.0 Å². The molecule has 3 heterocycles. The number of amides is 1. The number of ether oxygens (including phenoxy) is 1. The predicted molar refractivity (Wildman–Crippen MR) is 114 cm³/mol. The molecule has 1 spiro atoms. The second-order valence-corrected chi connectivity index (χ2v) is 9.35. The first-order valence-corrected chi connectivity index (χ1v) is 11.0. The van der Waals surface area contributed by atoms with Crippen LogP contribution >= 0.6 is 0 Å². The van der Waals surface area contributed by atoms with Crippen LogP contribution in [0.25, 0.3) is 0 Å². The van der Waals surface area contributed by atoms with Gasteiger partial charge >= 0.3 is 0 Å². The van der Waals surface area contributed by atoms with Gasteiger partial charge in [0.15, 0.2) is 0 Å². The SMILES string of the molecule is CC(C)[C@@H]1C[C@@]2(CCCN(C(=O)Cc3cccnc3)C2)CO[C@H]1c1ccc(F)cc1. The van der Waals surface area contributed by atoms with Gasteiger partial charge in [-0.3, -0.25) is 9.78 Å². The summed E-state index contributed by atoms with van der Waals surface area (Å²) in [5.41, 5.74) is 2.01. The molecule has 0 radical (unpaired) electrons. The van der Waals surface area contributed by atoms with E-state index in [1.807, 2.05) is 29.2 Å². The zero-order chi connectivity index (χ0) is 21.1. The summed E-state index contributed by atoms with van der Waals surface area (Å²) in [6.45, 7) is 6.68. The monoisotopic (exact) mass is 410 g/mol. The Morgan fingerprint density at radius 1 is 1.30 bits per heavy atom. The van der Waals surface area contributed by atoms with Crippen LogP contribution in [0.15, 0.2) is 48.8 Å². The van der Waals surface area contributed by atoms with Gasteiger partial charge < -0.3 is 9.64 Å². The number of likely N-dealkylation sites (tertiary alicyclic amines) is 1. The van der Waals surface area contributed by atoms with Gasteiger partial charge in [-0.2, -0.15) is 0 Å². The molecule has 4 nitrogen and oxygen atoms in total. The topological polar surface area (TPSA) is 42.4 Å². The fourth-order valence-corrected chi connectivity index (χ4v) is 5.13. The third kappa shape index (κ3) is 4.56. The Bertz CT molecular complexity index is 855. The lowest BCUT2D eigenvalue weighted by Gasteiger charge is -2.50. The molecule has 0 aliphatic carbocycles. The van der Waals surface area contributed by atoms with Crippen molar-refractivity contribution in [3.8, 4) is 0 Å². The van der Waals surface area contributed by atoms with Gasteiger partial charge in [0.05, 0.1) is 19.1 Å². The van der Waals surface area contributed by atoms with E-state index in [1.165, 1.54) is 12.1 Å². The number of pyridine rings is 1. The molecule has 160 valence electrons. The third-order valence-electron chi connectivity index (χ3n) is 6.77. The van der Waals surface area contributed by atoms with E-state index in [0.29, 0.717) is 24.9 Å². The van der Waals surface area contributed by atoms with E-state index in [4.69, 9.17) is 4.74 Å². The minimum Gasteiger partial charge on any atom is -0.373 e. The summed E-state index contributed by atoms with van der Waals surface area (Å²) in [5.74, 6) is 0.738. The first-order valence-electron chi connectivity index (χ1n) is 11.0. The number of carbonyl (C=O) groups is 1. The van der Waals surface area contributed by atoms with Gasteiger partial charge in [0, 0.05) is 30.9 Å². The van der Waals surface area contributed by atoms with Crippen LogP contribution in [0.3, 0.4) is 0 Å². The number of benzene rings is 1. The molecule has 2 saturated heterocycles. The molecule has 0 bridgehead atoms. The molecule has 2 aliphatic heterocycles. The lowest BCUT2D eigenvalue weighted by molar-refractivity contribution is -0.150. The molecule has 0 unspecified atom stereocenters. The normalized spacial score (nSPS) is 26.9. The first-order chi connectivity index (χ1) is 14.5. The summed E-state index contributed by atoms with van der Waals surface area (Å²) >= 11 is 0. The van der Waals surface area contributed by atoms with Gasteiger partial charge in [-0.25, -0.2) is 4.39 Å². The number of rotatable bonds is 4. The molecule has 2 aliphatic rings. The zero-order valence-corrected chi connectivity index (χ0v) is 17.9. The Morgan fingerprint density at radius 2 is 2.10 bits per heavy atom. The average Bonchev–Trinajstić information content (AvgIpc) is 2.75. The van der Waals surface area contributed by atoms with Crippen molar-refractivity contribution < 1.29 is 13.9 Å². The number of carbonyl (C=O) groups excluding carboxylic acids is 1. The first kappa shape index (κ1) is 21.0. The number of aromatic nitrogens is 1. The highest BCUT2D eigenvalue weighted by Crippen LogP contribution is 2.48. The zero-order valence-electron chi connectivity index (χ0n) is 17.9. The molecule has 1 amide bonds. The molecule has 2 fully saturated rings. The molecular weight excluding hydrogens is 379 g/mol. The van der Waals surface area contributed by atoms with Crippen molar-refractivity contribution in [3.63, 3.8) is 0 Å². The lowest BCUT2D eigenvalue weighted by atomic mass is 9.67. The molecule has 1 aromatic carbocycles. The summed E-state index contributed by atoms with van der Waals surface area (Å²) in [6, 6.07) is 10.5. The number of halogens is 1. The predicted octanol–water partition coefficient (Wildman–Crippen LogP) is 4.81. The molecule has 2 aromatic rings. The van der Waals surface area contributed by atoms with E-state index < -0.39 is 0 Å². The van der Waals surface area contributed by atoms with Crippen molar-refractivity contribution >= 4 is 5.91 Å². The largest absolute Gasteiger partial charge is 0.373 e. The smallest absolute Gasteiger partial charge is 0.227 e. The van der Waals surface area contributed by atoms with Crippen molar-refractivity contribution in [2.75, 3.05) is 19.7 Å². The van der Waals surface area contributed by atoms with Crippen LogP contribution < -0.4 is 0 Å². The van der Waals surface area contributed by atoms with Crippen molar-refractivity contribution in [1.29, 1.82) is 0 Å². The van der Waals surface area contributed by atoms with Crippen LogP contribution in [0.4, 0.5) is 4.39 Å². The molecule has 3 atom stereocenters. The average molecular weight is 411 g/mol. The standard InChI is InChI=1S/C25H31FN2O2/c1-18(2)22-14-25(17-30-24(22)20-6-8-21(26)9-7-20)10-4-12-28(16-25)23(29)13-19-5-3-11-27-15-19/h3,5-9,11,15,18,22,24H,4,10,12-14,16-17H2,1-2H3/t22-,24-,25+/m0/s1. The summed E-state index contributed by atoms with van der Waals surface area (Å²) in [5, 5.41) is 0. The van der Waals surface area contributed by atoms with E-state index in [1.54, 1.807) is 12.4 Å². The Kier molecular flexibility index (Phi) is 6.19. The van der Waals surface area contributed by atoms with E-state index in [2.05, 4.69) is 18.8 Å². The molecule has 1 aromatic heterocycles. The summed E-state index contributed by atoms with van der Waals surface area (Å²) < 4.78 is 19.8. The minimum atomic E-state index is -0.220.